The van der Waals surface area contributed by atoms with Crippen molar-refractivity contribution in [1.82, 2.24) is 4.90 Å². The van der Waals surface area contributed by atoms with E-state index in [0.29, 0.717) is 0 Å². The zero-order valence-corrected chi connectivity index (χ0v) is 22.2. The summed E-state index contributed by atoms with van der Waals surface area (Å²) in [6, 6.07) is 0. The van der Waals surface area contributed by atoms with E-state index in [4.69, 9.17) is 4.74 Å². The van der Waals surface area contributed by atoms with Gasteiger partial charge in [0.25, 0.3) is 0 Å². The van der Waals surface area contributed by atoms with Crippen molar-refractivity contribution in [2.75, 3.05) is 32.8 Å². The third-order valence-electron chi connectivity index (χ3n) is 6.80. The van der Waals surface area contributed by atoms with E-state index in [1.807, 2.05) is 0 Å². The van der Waals surface area contributed by atoms with Gasteiger partial charge >= 0.3 is 0 Å². The average molecular weight is 440 g/mol. The number of ether oxygens (including phenoxy) is 1. The predicted octanol–water partition coefficient (Wildman–Crippen LogP) is 9.56. The van der Waals surface area contributed by atoms with Crippen molar-refractivity contribution in [2.24, 2.45) is 0 Å². The first-order valence-electron chi connectivity index (χ1n) is 14.6. The van der Waals surface area contributed by atoms with Gasteiger partial charge in [0.1, 0.15) is 0 Å². The van der Waals surface area contributed by atoms with E-state index in [1.54, 1.807) is 0 Å². The Hall–Kier alpha value is -0.0800. The average Bonchev–Trinajstić information content (AvgIpc) is 2.79. The van der Waals surface area contributed by atoms with Crippen LogP contribution in [0.15, 0.2) is 0 Å². The number of hydrogen-bond donors (Lipinski definition) is 0. The van der Waals surface area contributed by atoms with E-state index in [0.717, 1.165) is 26.3 Å². The molecular weight excluding hydrogens is 378 g/mol. The zero-order chi connectivity index (χ0) is 22.7. The van der Waals surface area contributed by atoms with E-state index in [1.165, 1.54) is 141 Å². The van der Waals surface area contributed by atoms with Crippen LogP contribution in [0.3, 0.4) is 0 Å². The molecule has 31 heavy (non-hydrogen) atoms. The van der Waals surface area contributed by atoms with Crippen molar-refractivity contribution >= 4 is 0 Å². The topological polar surface area (TPSA) is 12.5 Å². The third kappa shape index (κ3) is 26.1. The molecule has 0 heterocycles. The molecule has 188 valence electrons. The Labute approximate surface area is 198 Å². The van der Waals surface area contributed by atoms with E-state index in [2.05, 4.69) is 25.7 Å². The summed E-state index contributed by atoms with van der Waals surface area (Å²) in [7, 11) is 0. The fourth-order valence-corrected chi connectivity index (χ4v) is 4.49. The van der Waals surface area contributed by atoms with Crippen LogP contribution in [-0.4, -0.2) is 37.7 Å². The van der Waals surface area contributed by atoms with E-state index in [-0.39, 0.29) is 0 Å². The summed E-state index contributed by atoms with van der Waals surface area (Å²) in [6.45, 7) is 12.2. The molecule has 0 saturated heterocycles. The third-order valence-corrected chi connectivity index (χ3v) is 6.80. The smallest absolute Gasteiger partial charge is 0.0478 e. The maximum absolute atomic E-state index is 5.78. The fourth-order valence-electron chi connectivity index (χ4n) is 4.49. The molecule has 0 bridgehead atoms. The molecule has 0 rings (SSSR count). The van der Waals surface area contributed by atoms with Gasteiger partial charge in [-0.05, 0) is 25.9 Å². The molecule has 0 aromatic heterocycles. The maximum atomic E-state index is 5.78. The molecule has 0 spiro atoms. The van der Waals surface area contributed by atoms with Crippen LogP contribution in [-0.2, 0) is 4.74 Å². The molecule has 0 aromatic carbocycles. The van der Waals surface area contributed by atoms with Gasteiger partial charge in [-0.1, -0.05) is 143 Å². The van der Waals surface area contributed by atoms with Crippen LogP contribution in [0.1, 0.15) is 156 Å². The molecular formula is C29H61NO. The zero-order valence-electron chi connectivity index (χ0n) is 22.2. The summed E-state index contributed by atoms with van der Waals surface area (Å²) < 4.78 is 5.78. The highest BCUT2D eigenvalue weighted by Gasteiger charge is 1.98. The van der Waals surface area contributed by atoms with Crippen molar-refractivity contribution < 1.29 is 4.74 Å². The second kappa shape index (κ2) is 28.0. The minimum absolute atomic E-state index is 0.940. The Kier molecular flexibility index (Phi) is 27.9. The first-order valence-corrected chi connectivity index (χ1v) is 14.6. The van der Waals surface area contributed by atoms with Crippen molar-refractivity contribution in [2.45, 2.75) is 156 Å². The summed E-state index contributed by atoms with van der Waals surface area (Å²) in [4.78, 5) is 2.47. The number of rotatable bonds is 27. The highest BCUT2D eigenvalue weighted by Crippen LogP contribution is 2.14. The van der Waals surface area contributed by atoms with Crippen LogP contribution >= 0.6 is 0 Å². The second-order valence-corrected chi connectivity index (χ2v) is 9.71. The molecule has 0 unspecified atom stereocenters. The van der Waals surface area contributed by atoms with Crippen LogP contribution in [0.4, 0.5) is 0 Å². The molecule has 0 aromatic rings. The second-order valence-electron chi connectivity index (χ2n) is 9.71. The monoisotopic (exact) mass is 439 g/mol. The largest absolute Gasteiger partial charge is 0.381 e. The first-order chi connectivity index (χ1) is 15.3. The summed E-state index contributed by atoms with van der Waals surface area (Å²) in [6.07, 6.45) is 30.0. The minimum Gasteiger partial charge on any atom is -0.381 e. The molecule has 2 nitrogen and oxygen atoms in total. The Bertz CT molecular complexity index is 303. The molecule has 0 saturated carbocycles. The van der Waals surface area contributed by atoms with E-state index in [9.17, 15) is 0 Å². The van der Waals surface area contributed by atoms with Gasteiger partial charge in [0.2, 0.25) is 0 Å². The van der Waals surface area contributed by atoms with E-state index >= 15 is 0 Å². The van der Waals surface area contributed by atoms with Crippen molar-refractivity contribution in [3.05, 3.63) is 0 Å². The molecule has 0 N–H and O–H groups in total. The van der Waals surface area contributed by atoms with Gasteiger partial charge in [-0.2, -0.15) is 0 Å². The molecule has 0 amide bonds. The highest BCUT2D eigenvalue weighted by molar-refractivity contribution is 4.52. The number of hydrogen-bond acceptors (Lipinski definition) is 2. The van der Waals surface area contributed by atoms with E-state index < -0.39 is 0 Å². The summed E-state index contributed by atoms with van der Waals surface area (Å²) in [5, 5.41) is 0. The fraction of sp³-hybridized carbons (Fsp3) is 1.00. The Balaban J connectivity index is 3.04. The van der Waals surface area contributed by atoms with Gasteiger partial charge in [0.15, 0.2) is 0 Å². The van der Waals surface area contributed by atoms with Crippen LogP contribution in [0, 0.1) is 0 Å². The molecule has 0 radical (unpaired) electrons. The maximum Gasteiger partial charge on any atom is 0.0478 e. The molecule has 2 heteroatoms. The standard InChI is InChI=1S/C29H61NO/c1-4-7-8-9-10-11-12-13-14-15-16-17-18-19-20-21-22-23-24-25-28-31-29-26-27-30(5-2)6-3/h4-29H2,1-3H3. The Morgan fingerprint density at radius 3 is 1.06 bits per heavy atom. The van der Waals surface area contributed by atoms with Crippen LogP contribution in [0.5, 0.6) is 0 Å². The highest BCUT2D eigenvalue weighted by atomic mass is 16.5. The van der Waals surface area contributed by atoms with Crippen LogP contribution in [0.25, 0.3) is 0 Å². The molecule has 0 fully saturated rings. The lowest BCUT2D eigenvalue weighted by atomic mass is 10.0. The summed E-state index contributed by atoms with van der Waals surface area (Å²) in [5.41, 5.74) is 0. The lowest BCUT2D eigenvalue weighted by molar-refractivity contribution is 0.118. The number of unbranched alkanes of at least 4 members (excludes halogenated alkanes) is 19. The van der Waals surface area contributed by atoms with Crippen LogP contribution in [0.2, 0.25) is 0 Å². The lowest BCUT2D eigenvalue weighted by Crippen LogP contribution is -2.24. The molecule has 0 aliphatic rings. The van der Waals surface area contributed by atoms with Gasteiger partial charge < -0.3 is 9.64 Å². The minimum atomic E-state index is 0.940. The van der Waals surface area contributed by atoms with Gasteiger partial charge in [0, 0.05) is 19.8 Å². The Morgan fingerprint density at radius 1 is 0.387 bits per heavy atom. The summed E-state index contributed by atoms with van der Waals surface area (Å²) in [5.74, 6) is 0. The van der Waals surface area contributed by atoms with Gasteiger partial charge in [-0.15, -0.1) is 0 Å². The Morgan fingerprint density at radius 2 is 0.710 bits per heavy atom. The van der Waals surface area contributed by atoms with Crippen molar-refractivity contribution in [1.29, 1.82) is 0 Å². The first kappa shape index (κ1) is 30.9. The van der Waals surface area contributed by atoms with Crippen molar-refractivity contribution in [3.8, 4) is 0 Å². The molecule has 0 aliphatic heterocycles. The van der Waals surface area contributed by atoms with Crippen molar-refractivity contribution in [3.63, 3.8) is 0 Å². The predicted molar refractivity (Wildman–Crippen MR) is 141 cm³/mol. The van der Waals surface area contributed by atoms with Crippen LogP contribution < -0.4 is 0 Å². The van der Waals surface area contributed by atoms with Gasteiger partial charge in [0.05, 0.1) is 0 Å². The quantitative estimate of drug-likeness (QED) is 0.118. The summed E-state index contributed by atoms with van der Waals surface area (Å²) >= 11 is 0. The number of nitrogens with zero attached hydrogens (tertiary/aromatic N) is 1. The molecule has 0 aliphatic carbocycles. The SMILES string of the molecule is CCCCCCCCCCCCCCCCCCCCCCOCCCN(CC)CC. The lowest BCUT2D eigenvalue weighted by Gasteiger charge is -2.17. The van der Waals surface area contributed by atoms with Gasteiger partial charge in [-0.25, -0.2) is 0 Å². The molecule has 0 atom stereocenters. The normalized spacial score (nSPS) is 11.6. The van der Waals surface area contributed by atoms with Gasteiger partial charge in [-0.3, -0.25) is 0 Å².